The Morgan fingerprint density at radius 3 is 2.92 bits per heavy atom. The molecule has 0 saturated carbocycles. The quantitative estimate of drug-likeness (QED) is 0.476. The molecule has 0 saturated heterocycles. The molecule has 0 fully saturated rings. The van der Waals surface area contributed by atoms with Gasteiger partial charge in [-0.3, -0.25) is 4.79 Å². The topological polar surface area (TPSA) is 148 Å². The largest absolute Gasteiger partial charge is 0.497 e. The van der Waals surface area contributed by atoms with Gasteiger partial charge in [0.2, 0.25) is 5.95 Å². The van der Waals surface area contributed by atoms with Gasteiger partial charge in [0.05, 0.1) is 19.4 Å². The normalized spacial score (nSPS) is 10.8. The van der Waals surface area contributed by atoms with E-state index >= 15 is 0 Å². The van der Waals surface area contributed by atoms with Crippen LogP contribution in [0.15, 0.2) is 29.1 Å². The molecule has 0 aliphatic heterocycles. The minimum Gasteiger partial charge on any atom is -0.497 e. The number of anilines is 1. The number of hydrogen-bond acceptors (Lipinski definition) is 7. The van der Waals surface area contributed by atoms with Gasteiger partial charge in [-0.25, -0.2) is 14.3 Å². The molecule has 0 aliphatic carbocycles. The molecule has 0 bridgehead atoms. The number of hydrogen-bond donors (Lipinski definition) is 4. The summed E-state index contributed by atoms with van der Waals surface area (Å²) in [6.45, 7) is 0.0284. The first-order valence-electron chi connectivity index (χ1n) is 7.37. The average Bonchev–Trinajstić information content (AvgIpc) is 2.94. The average molecular weight is 344 g/mol. The van der Waals surface area contributed by atoms with Crippen LogP contribution >= 0.6 is 0 Å². The van der Waals surface area contributed by atoms with E-state index in [4.69, 9.17) is 15.6 Å². The van der Waals surface area contributed by atoms with Crippen molar-refractivity contribution in [2.75, 3.05) is 25.6 Å². The lowest BCUT2D eigenvalue weighted by molar-refractivity contribution is 0.0997. The molecule has 0 spiro atoms. The van der Waals surface area contributed by atoms with Crippen molar-refractivity contribution in [3.05, 3.63) is 40.4 Å². The van der Waals surface area contributed by atoms with E-state index in [0.717, 1.165) is 0 Å². The van der Waals surface area contributed by atoms with Crippen molar-refractivity contribution in [3.8, 4) is 11.4 Å². The number of nitrogens with zero attached hydrogens (tertiary/aromatic N) is 3. The van der Waals surface area contributed by atoms with Crippen LogP contribution in [0, 0.1) is 0 Å². The molecule has 10 nitrogen and oxygen atoms in total. The summed E-state index contributed by atoms with van der Waals surface area (Å²) >= 11 is 0. The number of aromatic nitrogens is 4. The first-order valence-corrected chi connectivity index (χ1v) is 7.37. The summed E-state index contributed by atoms with van der Waals surface area (Å²) in [5.74, 6) is -0.175. The van der Waals surface area contributed by atoms with Crippen molar-refractivity contribution in [1.82, 2.24) is 19.5 Å². The molecule has 1 amide bonds. The molecule has 130 valence electrons. The maximum absolute atomic E-state index is 12.4. The highest BCUT2D eigenvalue weighted by Crippen LogP contribution is 2.21. The molecule has 3 aromatic rings. The summed E-state index contributed by atoms with van der Waals surface area (Å²) in [7, 11) is 1.52. The molecular formula is C15H16N6O4. The Kier molecular flexibility index (Phi) is 4.35. The number of aliphatic hydroxyl groups excluding tert-OH is 1. The van der Waals surface area contributed by atoms with Crippen LogP contribution in [-0.4, -0.2) is 50.8 Å². The van der Waals surface area contributed by atoms with E-state index in [1.54, 1.807) is 24.3 Å². The predicted octanol–water partition coefficient (Wildman–Crippen LogP) is -0.379. The molecule has 0 atom stereocenters. The fraction of sp³-hybridized carbons (Fsp3) is 0.200. The number of primary amides is 1. The molecule has 0 unspecified atom stereocenters. The SMILES string of the molecule is COc1cccc(-n2c(=O)[nH]c3c(C(N)=O)nc(NCCO)nc32)c1. The van der Waals surface area contributed by atoms with E-state index in [2.05, 4.69) is 20.3 Å². The maximum Gasteiger partial charge on any atom is 0.332 e. The second kappa shape index (κ2) is 6.61. The molecule has 3 rings (SSSR count). The van der Waals surface area contributed by atoms with Crippen LogP contribution in [0.25, 0.3) is 16.9 Å². The standard InChI is InChI=1S/C15H16N6O4/c1-25-9-4-2-3-8(7-9)21-13-11(19-15(21)24)10(12(16)23)18-14(20-13)17-5-6-22/h2-4,7,22H,5-6H2,1H3,(H2,16,23)(H,19,24)(H,17,18,20). The number of rotatable bonds is 6. The third-order valence-electron chi connectivity index (χ3n) is 3.48. The zero-order valence-electron chi connectivity index (χ0n) is 13.3. The molecule has 25 heavy (non-hydrogen) atoms. The van der Waals surface area contributed by atoms with Gasteiger partial charge in [0.15, 0.2) is 11.3 Å². The van der Waals surface area contributed by atoms with Gasteiger partial charge in [-0.1, -0.05) is 6.07 Å². The van der Waals surface area contributed by atoms with Crippen molar-refractivity contribution < 1.29 is 14.6 Å². The lowest BCUT2D eigenvalue weighted by atomic mass is 10.3. The van der Waals surface area contributed by atoms with Gasteiger partial charge in [-0.05, 0) is 12.1 Å². The van der Waals surface area contributed by atoms with Crippen LogP contribution in [0.4, 0.5) is 5.95 Å². The molecule has 10 heteroatoms. The second-order valence-corrected chi connectivity index (χ2v) is 5.08. The number of carbonyl (C=O) groups excluding carboxylic acids is 1. The van der Waals surface area contributed by atoms with E-state index in [-0.39, 0.29) is 36.0 Å². The Morgan fingerprint density at radius 2 is 2.24 bits per heavy atom. The number of aromatic amines is 1. The molecule has 1 aromatic carbocycles. The predicted molar refractivity (Wildman–Crippen MR) is 90.1 cm³/mol. The summed E-state index contributed by atoms with van der Waals surface area (Å²) in [6, 6.07) is 6.81. The number of carbonyl (C=O) groups is 1. The van der Waals surface area contributed by atoms with Gasteiger partial charge < -0.3 is 25.9 Å². The summed E-state index contributed by atoms with van der Waals surface area (Å²) in [5, 5.41) is 11.7. The van der Waals surface area contributed by atoms with Gasteiger partial charge in [0.1, 0.15) is 11.3 Å². The van der Waals surface area contributed by atoms with Crippen molar-refractivity contribution in [1.29, 1.82) is 0 Å². The molecule has 0 aliphatic rings. The first kappa shape index (κ1) is 16.5. The van der Waals surface area contributed by atoms with Gasteiger partial charge in [-0.15, -0.1) is 0 Å². The monoisotopic (exact) mass is 344 g/mol. The van der Waals surface area contributed by atoms with E-state index in [1.165, 1.54) is 11.7 Å². The van der Waals surface area contributed by atoms with Crippen molar-refractivity contribution >= 4 is 23.0 Å². The lowest BCUT2D eigenvalue weighted by Gasteiger charge is -2.08. The molecule has 2 aromatic heterocycles. The highest BCUT2D eigenvalue weighted by molar-refractivity contribution is 6.02. The van der Waals surface area contributed by atoms with Crippen LogP contribution < -0.4 is 21.5 Å². The number of fused-ring (bicyclic) bond motifs is 1. The van der Waals surface area contributed by atoms with Crippen LogP contribution in [0.5, 0.6) is 5.75 Å². The first-order chi connectivity index (χ1) is 12.0. The van der Waals surface area contributed by atoms with Gasteiger partial charge in [0, 0.05) is 12.6 Å². The Morgan fingerprint density at radius 1 is 1.44 bits per heavy atom. The number of imidazole rings is 1. The molecular weight excluding hydrogens is 328 g/mol. The van der Waals surface area contributed by atoms with Crippen LogP contribution in [-0.2, 0) is 0 Å². The van der Waals surface area contributed by atoms with Crippen LogP contribution in [0.2, 0.25) is 0 Å². The van der Waals surface area contributed by atoms with Gasteiger partial charge >= 0.3 is 5.69 Å². The number of nitrogens with one attached hydrogen (secondary N) is 2. The highest BCUT2D eigenvalue weighted by Gasteiger charge is 2.19. The van der Waals surface area contributed by atoms with E-state index in [0.29, 0.717) is 11.4 Å². The number of aliphatic hydroxyl groups is 1. The summed E-state index contributed by atoms with van der Waals surface area (Å²) in [4.78, 5) is 34.9. The molecule has 2 heterocycles. The number of methoxy groups -OCH3 is 1. The zero-order valence-corrected chi connectivity index (χ0v) is 13.3. The second-order valence-electron chi connectivity index (χ2n) is 5.08. The van der Waals surface area contributed by atoms with Crippen LogP contribution in [0.3, 0.4) is 0 Å². The lowest BCUT2D eigenvalue weighted by Crippen LogP contribution is -2.17. The zero-order chi connectivity index (χ0) is 18.0. The maximum atomic E-state index is 12.4. The Labute approximate surface area is 141 Å². The summed E-state index contributed by atoms with van der Waals surface area (Å²) in [6.07, 6.45) is 0. The Balaban J connectivity index is 2.28. The fourth-order valence-electron chi connectivity index (χ4n) is 2.40. The molecule has 0 radical (unpaired) electrons. The third-order valence-corrected chi connectivity index (χ3v) is 3.48. The smallest absolute Gasteiger partial charge is 0.332 e. The van der Waals surface area contributed by atoms with E-state index in [1.807, 2.05) is 0 Å². The van der Waals surface area contributed by atoms with E-state index < -0.39 is 11.6 Å². The highest BCUT2D eigenvalue weighted by atomic mass is 16.5. The third kappa shape index (κ3) is 3.02. The van der Waals surface area contributed by atoms with Gasteiger partial charge in [-0.2, -0.15) is 4.98 Å². The minimum atomic E-state index is -0.807. The minimum absolute atomic E-state index is 0.0750. The Hall–Kier alpha value is -3.40. The van der Waals surface area contributed by atoms with E-state index in [9.17, 15) is 9.59 Å². The summed E-state index contributed by atoms with van der Waals surface area (Å²) in [5.41, 5.74) is 5.56. The fourth-order valence-corrected chi connectivity index (χ4v) is 2.40. The number of ether oxygens (including phenoxy) is 1. The van der Waals surface area contributed by atoms with Crippen LogP contribution in [0.1, 0.15) is 10.5 Å². The van der Waals surface area contributed by atoms with Gasteiger partial charge in [0.25, 0.3) is 5.91 Å². The number of benzene rings is 1. The number of nitrogens with two attached hydrogens (primary N) is 1. The molecule has 5 N–H and O–H groups in total. The van der Waals surface area contributed by atoms with Crippen molar-refractivity contribution in [3.63, 3.8) is 0 Å². The number of amides is 1. The Bertz CT molecular complexity index is 993. The summed E-state index contributed by atoms with van der Waals surface area (Å²) < 4.78 is 6.46. The van der Waals surface area contributed by atoms with Crippen molar-refractivity contribution in [2.45, 2.75) is 0 Å². The number of H-pyrrole nitrogens is 1. The van der Waals surface area contributed by atoms with Crippen molar-refractivity contribution in [2.24, 2.45) is 5.73 Å².